The second-order valence-corrected chi connectivity index (χ2v) is 11.7. The van der Waals surface area contributed by atoms with Crippen LogP contribution >= 0.6 is 34.5 Å². The summed E-state index contributed by atoms with van der Waals surface area (Å²) in [5, 5.41) is 3.80. The second kappa shape index (κ2) is 12.2. The minimum Gasteiger partial charge on any atom is -0.497 e. The Bertz CT molecular complexity index is 2110. The molecule has 222 valence electrons. The van der Waals surface area contributed by atoms with Gasteiger partial charge in [-0.3, -0.25) is 14.2 Å². The largest absolute Gasteiger partial charge is 0.497 e. The Hall–Kier alpha value is -4.57. The predicted molar refractivity (Wildman–Crippen MR) is 173 cm³/mol. The van der Waals surface area contributed by atoms with Gasteiger partial charge >= 0.3 is 0 Å². The Morgan fingerprint density at radius 3 is 2.52 bits per heavy atom. The first kappa shape index (κ1) is 29.5. The molecule has 0 unspecified atom stereocenters. The molecule has 6 rings (SSSR count). The summed E-state index contributed by atoms with van der Waals surface area (Å²) in [5.74, 6) is 1.68. The van der Waals surface area contributed by atoms with Crippen molar-refractivity contribution in [2.45, 2.75) is 13.0 Å². The number of hydrogen-bond acceptors (Lipinski definition) is 7. The normalized spacial score (nSPS) is 14.7. The molecule has 2 aromatic heterocycles. The maximum Gasteiger partial charge on any atom is 0.271 e. The Balaban J connectivity index is 1.48. The zero-order valence-electron chi connectivity index (χ0n) is 23.8. The quantitative estimate of drug-likeness (QED) is 0.219. The standard InChI is InChI=1S/C33H25Cl2N3O5S/c1-18-29(31(39)37-20-7-5-4-6-8-20)30(23-12-10-21(41-2)16-27(23)42-3)38-32(40)28(44-33(38)36-18)17-22-11-14-26(43-22)19-9-13-24(34)25(35)15-19/h4-17,30H,1-3H3,(H,37,39)/b28-17-/t30-/m0/s1. The van der Waals surface area contributed by atoms with Crippen LogP contribution in [0.25, 0.3) is 17.4 Å². The average Bonchev–Trinajstić information content (AvgIpc) is 3.62. The zero-order valence-corrected chi connectivity index (χ0v) is 26.1. The number of fused-ring (bicyclic) bond motifs is 1. The number of allylic oxidation sites excluding steroid dienone is 1. The van der Waals surface area contributed by atoms with Crippen LogP contribution in [0, 0.1) is 0 Å². The first-order valence-corrected chi connectivity index (χ1v) is 15.0. The number of benzene rings is 3. The summed E-state index contributed by atoms with van der Waals surface area (Å²) >= 11 is 13.5. The number of carbonyl (C=O) groups excluding carboxylic acids is 1. The maximum atomic E-state index is 14.1. The molecule has 11 heteroatoms. The van der Waals surface area contributed by atoms with Gasteiger partial charge in [-0.2, -0.15) is 0 Å². The average molecular weight is 647 g/mol. The highest BCUT2D eigenvalue weighted by Gasteiger charge is 2.34. The summed E-state index contributed by atoms with van der Waals surface area (Å²) in [5.41, 5.74) is 2.43. The number of hydrogen-bond donors (Lipinski definition) is 1. The molecule has 3 aromatic carbocycles. The summed E-state index contributed by atoms with van der Waals surface area (Å²) < 4.78 is 19.1. The number of halogens is 2. The number of furan rings is 1. The molecule has 1 aliphatic heterocycles. The highest BCUT2D eigenvalue weighted by Crippen LogP contribution is 2.38. The number of carbonyl (C=O) groups is 1. The van der Waals surface area contributed by atoms with Crippen molar-refractivity contribution in [3.8, 4) is 22.8 Å². The molecular formula is C33H25Cl2N3O5S. The fourth-order valence-corrected chi connectivity index (χ4v) is 6.36. The number of aromatic nitrogens is 1. The second-order valence-electron chi connectivity index (χ2n) is 9.84. The lowest BCUT2D eigenvalue weighted by Crippen LogP contribution is -2.40. The monoisotopic (exact) mass is 645 g/mol. The molecule has 0 saturated heterocycles. The van der Waals surface area contributed by atoms with Crippen molar-refractivity contribution in [1.29, 1.82) is 0 Å². The van der Waals surface area contributed by atoms with E-state index in [2.05, 4.69) is 5.32 Å². The lowest BCUT2D eigenvalue weighted by atomic mass is 9.94. The summed E-state index contributed by atoms with van der Waals surface area (Å²) in [6.07, 6.45) is 1.66. The molecular weight excluding hydrogens is 621 g/mol. The number of para-hydroxylation sites is 1. The van der Waals surface area contributed by atoms with Crippen molar-refractivity contribution in [2.24, 2.45) is 4.99 Å². The summed E-state index contributed by atoms with van der Waals surface area (Å²) in [4.78, 5) is 33.1. The van der Waals surface area contributed by atoms with E-state index in [0.29, 0.717) is 64.9 Å². The van der Waals surface area contributed by atoms with Gasteiger partial charge in [0.1, 0.15) is 29.1 Å². The number of nitrogens with zero attached hydrogens (tertiary/aromatic N) is 2. The fourth-order valence-electron chi connectivity index (χ4n) is 5.03. The van der Waals surface area contributed by atoms with Crippen molar-refractivity contribution < 1.29 is 18.7 Å². The van der Waals surface area contributed by atoms with Crippen molar-refractivity contribution in [3.05, 3.63) is 131 Å². The first-order valence-electron chi connectivity index (χ1n) is 13.4. The number of nitrogens with one attached hydrogen (secondary N) is 1. The van der Waals surface area contributed by atoms with E-state index in [1.165, 1.54) is 23.0 Å². The smallest absolute Gasteiger partial charge is 0.271 e. The van der Waals surface area contributed by atoms with E-state index in [1.54, 1.807) is 80.8 Å². The number of thiazole rings is 1. The predicted octanol–water partition coefficient (Wildman–Crippen LogP) is 6.46. The van der Waals surface area contributed by atoms with Crippen LogP contribution in [0.1, 0.15) is 24.3 Å². The SMILES string of the molecule is COc1ccc([C@H]2C(C(=O)Nc3ccccc3)=C(C)N=c3s/c(=C\c4ccc(-c5ccc(Cl)c(Cl)c5)o4)c(=O)n32)c(OC)c1. The molecule has 1 aliphatic rings. The summed E-state index contributed by atoms with van der Waals surface area (Å²) in [6, 6.07) is 22.3. The lowest BCUT2D eigenvalue weighted by Gasteiger charge is -2.26. The third-order valence-corrected chi connectivity index (χ3v) is 8.86. The highest BCUT2D eigenvalue weighted by atomic mass is 35.5. The van der Waals surface area contributed by atoms with Crippen LogP contribution in [-0.4, -0.2) is 24.7 Å². The van der Waals surface area contributed by atoms with E-state index < -0.39 is 6.04 Å². The van der Waals surface area contributed by atoms with Crippen LogP contribution in [0.5, 0.6) is 11.5 Å². The number of methoxy groups -OCH3 is 2. The van der Waals surface area contributed by atoms with Crippen LogP contribution in [0.15, 0.2) is 104 Å². The van der Waals surface area contributed by atoms with Gasteiger partial charge in [0.15, 0.2) is 4.80 Å². The first-order chi connectivity index (χ1) is 21.3. The number of amides is 1. The maximum absolute atomic E-state index is 14.1. The van der Waals surface area contributed by atoms with Crippen molar-refractivity contribution >= 4 is 52.2 Å². The molecule has 3 heterocycles. The van der Waals surface area contributed by atoms with E-state index in [9.17, 15) is 9.59 Å². The van der Waals surface area contributed by atoms with Gasteiger partial charge in [-0.1, -0.05) is 52.7 Å². The molecule has 1 atom stereocenters. The van der Waals surface area contributed by atoms with Gasteiger partial charge in [0.2, 0.25) is 0 Å². The van der Waals surface area contributed by atoms with Crippen LogP contribution < -0.4 is 29.7 Å². The Kier molecular flexibility index (Phi) is 8.18. The van der Waals surface area contributed by atoms with Crippen molar-refractivity contribution in [3.63, 3.8) is 0 Å². The molecule has 8 nitrogen and oxygen atoms in total. The summed E-state index contributed by atoms with van der Waals surface area (Å²) in [7, 11) is 3.09. The molecule has 1 amide bonds. The Labute approximate surface area is 266 Å². The molecule has 0 radical (unpaired) electrons. The van der Waals surface area contributed by atoms with Crippen LogP contribution in [0.2, 0.25) is 10.0 Å². The summed E-state index contributed by atoms with van der Waals surface area (Å²) in [6.45, 7) is 1.76. The minimum absolute atomic E-state index is 0.316. The van der Waals surface area contributed by atoms with Crippen LogP contribution in [-0.2, 0) is 4.79 Å². The van der Waals surface area contributed by atoms with E-state index in [0.717, 1.165) is 5.56 Å². The van der Waals surface area contributed by atoms with Gasteiger partial charge in [0, 0.05) is 29.0 Å². The molecule has 0 aliphatic carbocycles. The fraction of sp³-hybridized carbons (Fsp3) is 0.121. The van der Waals surface area contributed by atoms with Gasteiger partial charge in [0.25, 0.3) is 11.5 Å². The number of ether oxygens (including phenoxy) is 2. The third kappa shape index (κ3) is 5.57. The van der Waals surface area contributed by atoms with E-state index in [4.69, 9.17) is 42.1 Å². The third-order valence-electron chi connectivity index (χ3n) is 7.14. The van der Waals surface area contributed by atoms with Crippen LogP contribution in [0.3, 0.4) is 0 Å². The minimum atomic E-state index is -0.832. The molecule has 0 fully saturated rings. The lowest BCUT2D eigenvalue weighted by molar-refractivity contribution is -0.113. The number of rotatable bonds is 7. The van der Waals surface area contributed by atoms with E-state index in [1.807, 2.05) is 18.2 Å². The van der Waals surface area contributed by atoms with E-state index >= 15 is 0 Å². The molecule has 1 N–H and O–H groups in total. The molecule has 0 saturated carbocycles. The number of anilines is 1. The Morgan fingerprint density at radius 1 is 1.00 bits per heavy atom. The van der Waals surface area contributed by atoms with Crippen molar-refractivity contribution in [1.82, 2.24) is 4.57 Å². The van der Waals surface area contributed by atoms with Gasteiger partial charge in [-0.05, 0) is 61.5 Å². The molecule has 0 bridgehead atoms. The molecule has 5 aromatic rings. The highest BCUT2D eigenvalue weighted by molar-refractivity contribution is 7.07. The van der Waals surface area contributed by atoms with Gasteiger partial charge in [0.05, 0.1) is 40.1 Å². The van der Waals surface area contributed by atoms with Gasteiger partial charge in [-0.15, -0.1) is 0 Å². The van der Waals surface area contributed by atoms with Gasteiger partial charge < -0.3 is 19.2 Å². The topological polar surface area (TPSA) is 95.1 Å². The molecule has 0 spiro atoms. The molecule has 44 heavy (non-hydrogen) atoms. The van der Waals surface area contributed by atoms with Crippen LogP contribution in [0.4, 0.5) is 5.69 Å². The van der Waals surface area contributed by atoms with E-state index in [-0.39, 0.29) is 11.5 Å². The zero-order chi connectivity index (χ0) is 31.0. The Morgan fingerprint density at radius 2 is 1.80 bits per heavy atom. The van der Waals surface area contributed by atoms with Gasteiger partial charge in [-0.25, -0.2) is 4.99 Å². The van der Waals surface area contributed by atoms with Crippen molar-refractivity contribution in [2.75, 3.05) is 19.5 Å².